The summed E-state index contributed by atoms with van der Waals surface area (Å²) in [4.78, 5) is 4.14. The number of rotatable bonds is 5. The van der Waals surface area contributed by atoms with Crippen molar-refractivity contribution in [3.05, 3.63) is 58.1 Å². The van der Waals surface area contributed by atoms with E-state index in [9.17, 15) is 4.39 Å². The quantitative estimate of drug-likeness (QED) is 0.901. The molecule has 0 fully saturated rings. The summed E-state index contributed by atoms with van der Waals surface area (Å²) >= 11 is 3.33. The molecule has 0 bridgehead atoms. The van der Waals surface area contributed by atoms with Crippen molar-refractivity contribution in [3.63, 3.8) is 0 Å². The van der Waals surface area contributed by atoms with E-state index >= 15 is 0 Å². The average Bonchev–Trinajstić information content (AvgIpc) is 2.45. The molecule has 0 saturated carbocycles. The molecule has 0 aliphatic heterocycles. The van der Waals surface area contributed by atoms with Crippen molar-refractivity contribution in [3.8, 4) is 5.75 Å². The van der Waals surface area contributed by atoms with Crippen LogP contribution in [0.25, 0.3) is 0 Å². The highest BCUT2D eigenvalue weighted by molar-refractivity contribution is 9.10. The Balaban J connectivity index is 2.26. The van der Waals surface area contributed by atoms with E-state index < -0.39 is 0 Å². The lowest BCUT2D eigenvalue weighted by Gasteiger charge is -2.15. The van der Waals surface area contributed by atoms with Crippen LogP contribution >= 0.6 is 15.9 Å². The second kappa shape index (κ2) is 6.81. The maximum absolute atomic E-state index is 13.1. The van der Waals surface area contributed by atoms with Gasteiger partial charge in [-0.2, -0.15) is 0 Å². The molecule has 1 aromatic carbocycles. The van der Waals surface area contributed by atoms with Crippen LogP contribution in [0.4, 0.5) is 4.39 Å². The Morgan fingerprint density at radius 2 is 2.15 bits per heavy atom. The van der Waals surface area contributed by atoms with E-state index in [1.54, 1.807) is 18.5 Å². The number of nitrogens with two attached hydrogens (primary N) is 1. The molecule has 5 heteroatoms. The van der Waals surface area contributed by atoms with Crippen molar-refractivity contribution in [1.29, 1.82) is 0 Å². The van der Waals surface area contributed by atoms with Gasteiger partial charge in [0.05, 0.1) is 18.8 Å². The molecule has 1 aromatic heterocycles. The highest BCUT2D eigenvalue weighted by Gasteiger charge is 2.14. The van der Waals surface area contributed by atoms with Gasteiger partial charge in [0.15, 0.2) is 0 Å². The molecule has 20 heavy (non-hydrogen) atoms. The first kappa shape index (κ1) is 14.9. The predicted octanol–water partition coefficient (Wildman–Crippen LogP) is 3.82. The summed E-state index contributed by atoms with van der Waals surface area (Å²) in [5.74, 6) is 0.393. The fourth-order valence-corrected chi connectivity index (χ4v) is 2.44. The van der Waals surface area contributed by atoms with Crippen LogP contribution in [0.5, 0.6) is 5.75 Å². The van der Waals surface area contributed by atoms with Crippen LogP contribution in [0.2, 0.25) is 0 Å². The number of halogens is 2. The predicted molar refractivity (Wildman–Crippen MR) is 80.2 cm³/mol. The third-order valence-corrected chi connectivity index (χ3v) is 3.55. The van der Waals surface area contributed by atoms with Crippen molar-refractivity contribution < 1.29 is 9.13 Å². The number of ether oxygens (including phenoxy) is 1. The van der Waals surface area contributed by atoms with Gasteiger partial charge >= 0.3 is 0 Å². The lowest BCUT2D eigenvalue weighted by molar-refractivity contribution is 0.315. The molecule has 1 atom stereocenters. The van der Waals surface area contributed by atoms with Gasteiger partial charge < -0.3 is 10.5 Å². The number of hydrogen-bond donors (Lipinski definition) is 1. The van der Waals surface area contributed by atoms with Gasteiger partial charge in [0.2, 0.25) is 0 Å². The minimum atomic E-state index is -0.386. The first-order chi connectivity index (χ1) is 9.61. The van der Waals surface area contributed by atoms with Crippen LogP contribution in [-0.2, 0) is 0 Å². The topological polar surface area (TPSA) is 48.1 Å². The van der Waals surface area contributed by atoms with E-state index in [4.69, 9.17) is 10.5 Å². The van der Waals surface area contributed by atoms with Crippen molar-refractivity contribution in [2.75, 3.05) is 6.61 Å². The molecule has 2 N–H and O–H groups in total. The normalized spacial score (nSPS) is 12.2. The van der Waals surface area contributed by atoms with Gasteiger partial charge in [0.25, 0.3) is 0 Å². The zero-order valence-electron chi connectivity index (χ0n) is 11.1. The van der Waals surface area contributed by atoms with Gasteiger partial charge in [-0.1, -0.05) is 28.9 Å². The number of nitrogens with zero attached hydrogens (tertiary/aromatic N) is 1. The summed E-state index contributed by atoms with van der Waals surface area (Å²) in [5, 5.41) is 0. The summed E-state index contributed by atoms with van der Waals surface area (Å²) in [5.41, 5.74) is 7.85. The van der Waals surface area contributed by atoms with Gasteiger partial charge in [-0.25, -0.2) is 4.39 Å². The highest BCUT2D eigenvalue weighted by Crippen LogP contribution is 2.28. The average molecular weight is 339 g/mol. The summed E-state index contributed by atoms with van der Waals surface area (Å²) < 4.78 is 19.3. The Labute approximate surface area is 126 Å². The third-order valence-electron chi connectivity index (χ3n) is 2.86. The molecule has 0 spiro atoms. The minimum absolute atomic E-state index is 0.300. The van der Waals surface area contributed by atoms with E-state index in [1.165, 1.54) is 12.1 Å². The Morgan fingerprint density at radius 3 is 2.85 bits per heavy atom. The summed E-state index contributed by atoms with van der Waals surface area (Å²) in [7, 11) is 0. The monoisotopic (exact) mass is 338 g/mol. The Hall–Kier alpha value is -1.46. The van der Waals surface area contributed by atoms with Crippen LogP contribution in [0, 0.1) is 5.82 Å². The molecular weight excluding hydrogens is 323 g/mol. The number of benzene rings is 1. The molecule has 0 aliphatic carbocycles. The zero-order valence-corrected chi connectivity index (χ0v) is 12.7. The number of pyridine rings is 1. The van der Waals surface area contributed by atoms with Gasteiger partial charge in [0, 0.05) is 10.7 Å². The van der Waals surface area contributed by atoms with Crippen LogP contribution in [0.15, 0.2) is 41.1 Å². The van der Waals surface area contributed by atoms with Crippen LogP contribution in [-0.4, -0.2) is 11.6 Å². The van der Waals surface area contributed by atoms with Crippen molar-refractivity contribution in [2.24, 2.45) is 5.73 Å². The largest absolute Gasteiger partial charge is 0.492 e. The van der Waals surface area contributed by atoms with Crippen molar-refractivity contribution >= 4 is 15.9 Å². The zero-order chi connectivity index (χ0) is 14.5. The molecule has 0 aliphatic rings. The standard InChI is InChI=1S/C15H16BrFN2O/c1-2-5-20-12-6-10(8-19-9-12)15(18)13-4-3-11(17)7-14(13)16/h3-4,6-9,15H,2,5,18H2,1H3. The summed E-state index contributed by atoms with van der Waals surface area (Å²) in [6, 6.07) is 5.94. The Bertz CT molecular complexity index is 592. The summed E-state index contributed by atoms with van der Waals surface area (Å²) in [6.45, 7) is 2.68. The maximum Gasteiger partial charge on any atom is 0.137 e. The molecule has 0 radical (unpaired) electrons. The van der Waals surface area contributed by atoms with Gasteiger partial charge in [-0.15, -0.1) is 0 Å². The maximum atomic E-state index is 13.1. The second-order valence-electron chi connectivity index (χ2n) is 4.45. The molecule has 1 unspecified atom stereocenters. The fourth-order valence-electron chi connectivity index (χ4n) is 1.84. The molecule has 2 rings (SSSR count). The highest BCUT2D eigenvalue weighted by atomic mass is 79.9. The lowest BCUT2D eigenvalue weighted by atomic mass is 10.0. The van der Waals surface area contributed by atoms with E-state index in [-0.39, 0.29) is 11.9 Å². The Morgan fingerprint density at radius 1 is 1.35 bits per heavy atom. The minimum Gasteiger partial charge on any atom is -0.492 e. The molecule has 0 saturated heterocycles. The van der Waals surface area contributed by atoms with Crippen LogP contribution in [0.1, 0.15) is 30.5 Å². The SMILES string of the molecule is CCCOc1cncc(C(N)c2ccc(F)cc2Br)c1. The lowest BCUT2D eigenvalue weighted by Crippen LogP contribution is -2.13. The number of hydrogen-bond acceptors (Lipinski definition) is 3. The first-order valence-corrected chi connectivity index (χ1v) is 7.19. The van der Waals surface area contributed by atoms with Gasteiger partial charge in [-0.3, -0.25) is 4.98 Å². The summed E-state index contributed by atoms with van der Waals surface area (Å²) in [6.07, 6.45) is 4.28. The smallest absolute Gasteiger partial charge is 0.137 e. The van der Waals surface area contributed by atoms with E-state index in [1.807, 2.05) is 13.0 Å². The van der Waals surface area contributed by atoms with Crippen molar-refractivity contribution in [2.45, 2.75) is 19.4 Å². The van der Waals surface area contributed by atoms with E-state index in [0.717, 1.165) is 17.5 Å². The molecule has 1 heterocycles. The molecule has 3 nitrogen and oxygen atoms in total. The fraction of sp³-hybridized carbons (Fsp3) is 0.267. The van der Waals surface area contributed by atoms with E-state index in [0.29, 0.717) is 16.8 Å². The first-order valence-electron chi connectivity index (χ1n) is 6.40. The second-order valence-corrected chi connectivity index (χ2v) is 5.30. The molecular formula is C15H16BrFN2O. The Kier molecular flexibility index (Phi) is 5.09. The van der Waals surface area contributed by atoms with Crippen LogP contribution in [0.3, 0.4) is 0 Å². The van der Waals surface area contributed by atoms with Gasteiger partial charge in [0.1, 0.15) is 11.6 Å². The van der Waals surface area contributed by atoms with Crippen molar-refractivity contribution in [1.82, 2.24) is 4.98 Å². The van der Waals surface area contributed by atoms with E-state index in [2.05, 4.69) is 20.9 Å². The van der Waals surface area contributed by atoms with Gasteiger partial charge in [-0.05, 0) is 35.7 Å². The number of aromatic nitrogens is 1. The molecule has 2 aromatic rings. The third kappa shape index (κ3) is 3.55. The molecule has 106 valence electrons. The molecule has 0 amide bonds. The van der Waals surface area contributed by atoms with Crippen LogP contribution < -0.4 is 10.5 Å².